The number of fused-ring (bicyclic) bond motifs is 2. The minimum absolute atomic E-state index is 0.0346. The number of alkyl halides is 3. The lowest BCUT2D eigenvalue weighted by molar-refractivity contribution is -0.152. The molecule has 5 nitrogen and oxygen atoms in total. The summed E-state index contributed by atoms with van der Waals surface area (Å²) in [5.74, 6) is -1.75. The second-order valence-electron chi connectivity index (χ2n) is 8.47. The molecular weight excluding hydrogens is 483 g/mol. The van der Waals surface area contributed by atoms with E-state index in [1.165, 1.54) is 24.3 Å². The number of amides is 1. The molecule has 1 N–H and O–H groups in total. The van der Waals surface area contributed by atoms with Crippen molar-refractivity contribution in [1.29, 1.82) is 0 Å². The van der Waals surface area contributed by atoms with E-state index in [1.807, 2.05) is 19.1 Å². The van der Waals surface area contributed by atoms with Crippen molar-refractivity contribution in [1.82, 2.24) is 0 Å². The molecule has 0 radical (unpaired) electrons. The molecule has 0 aliphatic heterocycles. The Balaban J connectivity index is 1.52. The van der Waals surface area contributed by atoms with E-state index < -0.39 is 28.8 Å². The van der Waals surface area contributed by atoms with E-state index in [0.717, 1.165) is 5.56 Å². The number of ether oxygens (including phenoxy) is 1. The summed E-state index contributed by atoms with van der Waals surface area (Å²) in [6.45, 7) is 1.46. The third-order valence-corrected chi connectivity index (χ3v) is 5.97. The van der Waals surface area contributed by atoms with E-state index in [0.29, 0.717) is 16.5 Å². The summed E-state index contributed by atoms with van der Waals surface area (Å²) in [5.41, 5.74) is -0.0364. The van der Waals surface area contributed by atoms with Gasteiger partial charge in [0.1, 0.15) is 11.3 Å². The fraction of sp³-hybridized carbons (Fsp3) is 0.103. The fourth-order valence-electron chi connectivity index (χ4n) is 4.20. The number of para-hydroxylation sites is 1. The van der Waals surface area contributed by atoms with E-state index >= 15 is 0 Å². The average Bonchev–Trinajstić information content (AvgIpc) is 2.88. The molecular formula is C29H20F3NO4. The number of anilines is 1. The molecule has 1 amide bonds. The Morgan fingerprint density at radius 2 is 1.65 bits per heavy atom. The van der Waals surface area contributed by atoms with Crippen LogP contribution in [0.2, 0.25) is 0 Å². The quantitative estimate of drug-likeness (QED) is 0.282. The van der Waals surface area contributed by atoms with Gasteiger partial charge in [0.25, 0.3) is 5.91 Å². The van der Waals surface area contributed by atoms with E-state index in [1.54, 1.807) is 48.5 Å². The van der Waals surface area contributed by atoms with Gasteiger partial charge >= 0.3 is 6.18 Å². The summed E-state index contributed by atoms with van der Waals surface area (Å²) in [4.78, 5) is 25.7. The summed E-state index contributed by atoms with van der Waals surface area (Å²) in [6.07, 6.45) is -4.93. The number of halogens is 3. The summed E-state index contributed by atoms with van der Waals surface area (Å²) in [7, 11) is 0. The van der Waals surface area contributed by atoms with E-state index in [-0.39, 0.29) is 28.9 Å². The van der Waals surface area contributed by atoms with Crippen LogP contribution in [0.15, 0.2) is 94.1 Å². The minimum Gasteiger partial charge on any atom is -0.484 e. The normalized spacial score (nSPS) is 11.6. The van der Waals surface area contributed by atoms with Crippen LogP contribution in [0.5, 0.6) is 5.75 Å². The van der Waals surface area contributed by atoms with Crippen LogP contribution in [0.4, 0.5) is 18.9 Å². The Labute approximate surface area is 209 Å². The summed E-state index contributed by atoms with van der Waals surface area (Å²) in [5, 5.41) is 3.87. The third-order valence-electron chi connectivity index (χ3n) is 5.97. The van der Waals surface area contributed by atoms with Crippen molar-refractivity contribution in [2.45, 2.75) is 13.1 Å². The van der Waals surface area contributed by atoms with Crippen molar-refractivity contribution in [3.8, 4) is 16.9 Å². The van der Waals surface area contributed by atoms with Gasteiger partial charge in [-0.3, -0.25) is 9.59 Å². The first-order valence-electron chi connectivity index (χ1n) is 11.4. The van der Waals surface area contributed by atoms with Gasteiger partial charge in [0, 0.05) is 11.8 Å². The zero-order valence-corrected chi connectivity index (χ0v) is 19.6. The SMILES string of the molecule is Cc1ccccc1NC(=O)COc1ccc2c(=O)c(-c3cccc4ccccc34)c(C(F)(F)F)oc2c1. The molecule has 0 unspecified atom stereocenters. The lowest BCUT2D eigenvalue weighted by atomic mass is 9.96. The molecule has 0 spiro atoms. The van der Waals surface area contributed by atoms with E-state index in [4.69, 9.17) is 9.15 Å². The molecule has 4 aromatic carbocycles. The monoisotopic (exact) mass is 503 g/mol. The molecule has 1 aromatic heterocycles. The molecule has 0 fully saturated rings. The molecule has 8 heteroatoms. The lowest BCUT2D eigenvalue weighted by Gasteiger charge is -2.15. The van der Waals surface area contributed by atoms with Crippen LogP contribution in [-0.2, 0) is 11.0 Å². The number of nitrogens with one attached hydrogen (secondary N) is 1. The van der Waals surface area contributed by atoms with Gasteiger partial charge in [0.05, 0.1) is 10.9 Å². The predicted molar refractivity (Wildman–Crippen MR) is 136 cm³/mol. The molecule has 5 rings (SSSR count). The van der Waals surface area contributed by atoms with Crippen molar-refractivity contribution in [3.63, 3.8) is 0 Å². The van der Waals surface area contributed by atoms with Gasteiger partial charge in [-0.05, 0) is 47.0 Å². The molecule has 186 valence electrons. The number of hydrogen-bond acceptors (Lipinski definition) is 4. The van der Waals surface area contributed by atoms with Crippen molar-refractivity contribution in [2.24, 2.45) is 0 Å². The van der Waals surface area contributed by atoms with Gasteiger partial charge in [-0.2, -0.15) is 13.2 Å². The highest BCUT2D eigenvalue weighted by molar-refractivity contribution is 5.98. The van der Waals surface area contributed by atoms with E-state index in [2.05, 4.69) is 5.32 Å². The van der Waals surface area contributed by atoms with Crippen LogP contribution in [0.3, 0.4) is 0 Å². The maximum Gasteiger partial charge on any atom is 0.450 e. The van der Waals surface area contributed by atoms with Crippen LogP contribution in [0.25, 0.3) is 32.9 Å². The van der Waals surface area contributed by atoms with E-state index in [9.17, 15) is 22.8 Å². The molecule has 0 saturated carbocycles. The minimum atomic E-state index is -4.93. The van der Waals surface area contributed by atoms with Crippen LogP contribution in [-0.4, -0.2) is 12.5 Å². The highest BCUT2D eigenvalue weighted by Crippen LogP contribution is 2.39. The lowest BCUT2D eigenvalue weighted by Crippen LogP contribution is -2.20. The van der Waals surface area contributed by atoms with Crippen molar-refractivity contribution < 1.29 is 27.1 Å². The predicted octanol–water partition coefficient (Wildman–Crippen LogP) is 6.96. The largest absolute Gasteiger partial charge is 0.484 e. The molecule has 0 bridgehead atoms. The molecule has 1 heterocycles. The molecule has 5 aromatic rings. The molecule has 37 heavy (non-hydrogen) atoms. The number of rotatable bonds is 5. The van der Waals surface area contributed by atoms with Gasteiger partial charge in [-0.25, -0.2) is 0 Å². The summed E-state index contributed by atoms with van der Waals surface area (Å²) >= 11 is 0. The van der Waals surface area contributed by atoms with Crippen LogP contribution >= 0.6 is 0 Å². The third kappa shape index (κ3) is 4.78. The zero-order valence-electron chi connectivity index (χ0n) is 19.6. The molecule has 0 atom stereocenters. The van der Waals surface area contributed by atoms with Crippen molar-refractivity contribution in [2.75, 3.05) is 11.9 Å². The Morgan fingerprint density at radius 1 is 0.919 bits per heavy atom. The molecule has 0 saturated heterocycles. The Kier molecular flexibility index (Phi) is 6.17. The maximum absolute atomic E-state index is 14.1. The van der Waals surface area contributed by atoms with Gasteiger partial charge in [-0.1, -0.05) is 60.7 Å². The number of aryl methyl sites for hydroxylation is 1. The van der Waals surface area contributed by atoms with Gasteiger partial charge in [0.2, 0.25) is 11.2 Å². The number of carbonyl (C=O) groups excluding carboxylic acids is 1. The standard InChI is InChI=1S/C29H20F3NO4/c1-17-7-2-5-12-23(17)33-25(34)16-36-19-13-14-22-24(15-19)37-28(29(30,31)32)26(27(22)35)21-11-6-9-18-8-3-4-10-20(18)21/h2-15H,16H2,1H3,(H,33,34). The first-order chi connectivity index (χ1) is 17.7. The highest BCUT2D eigenvalue weighted by atomic mass is 19.4. The average molecular weight is 503 g/mol. The van der Waals surface area contributed by atoms with Crippen molar-refractivity contribution >= 4 is 33.3 Å². The number of benzene rings is 4. The van der Waals surface area contributed by atoms with Crippen LogP contribution < -0.4 is 15.5 Å². The first-order valence-corrected chi connectivity index (χ1v) is 11.4. The van der Waals surface area contributed by atoms with Gasteiger partial charge < -0.3 is 14.5 Å². The smallest absolute Gasteiger partial charge is 0.450 e. The van der Waals surface area contributed by atoms with Crippen LogP contribution in [0, 0.1) is 6.92 Å². The second kappa shape index (κ2) is 9.46. The topological polar surface area (TPSA) is 68.5 Å². The summed E-state index contributed by atoms with van der Waals surface area (Å²) < 4.78 is 53.1. The Morgan fingerprint density at radius 3 is 2.43 bits per heavy atom. The summed E-state index contributed by atoms with van der Waals surface area (Å²) in [6, 6.07) is 22.8. The maximum atomic E-state index is 14.1. The number of hydrogen-bond donors (Lipinski definition) is 1. The zero-order chi connectivity index (χ0) is 26.2. The van der Waals surface area contributed by atoms with Gasteiger partial charge in [0.15, 0.2) is 6.61 Å². The highest BCUT2D eigenvalue weighted by Gasteiger charge is 2.39. The fourth-order valence-corrected chi connectivity index (χ4v) is 4.20. The Hall–Kier alpha value is -4.59. The first kappa shape index (κ1) is 24.1. The Bertz CT molecular complexity index is 1700. The van der Waals surface area contributed by atoms with Gasteiger partial charge in [-0.15, -0.1) is 0 Å². The van der Waals surface area contributed by atoms with Crippen LogP contribution in [0.1, 0.15) is 11.3 Å². The molecule has 0 aliphatic rings. The van der Waals surface area contributed by atoms with Crippen molar-refractivity contribution in [3.05, 3.63) is 106 Å². The second-order valence-corrected chi connectivity index (χ2v) is 8.47. The molecule has 0 aliphatic carbocycles. The number of carbonyl (C=O) groups is 1.